The Labute approximate surface area is 101 Å². The molecule has 2 heterocycles. The van der Waals surface area contributed by atoms with Gasteiger partial charge in [0.1, 0.15) is 0 Å². The van der Waals surface area contributed by atoms with Gasteiger partial charge in [-0.15, -0.1) is 11.3 Å². The summed E-state index contributed by atoms with van der Waals surface area (Å²) in [5.74, 6) is 1.48. The Morgan fingerprint density at radius 2 is 2.40 bits per heavy atom. The molecule has 2 nitrogen and oxygen atoms in total. The summed E-state index contributed by atoms with van der Waals surface area (Å²) in [6.45, 7) is 4.50. The van der Waals surface area contributed by atoms with Crippen LogP contribution in [0.3, 0.4) is 0 Å². The maximum absolute atomic E-state index is 4.68. The lowest BCUT2D eigenvalue weighted by atomic mass is 9.99. The van der Waals surface area contributed by atoms with E-state index in [1.165, 1.54) is 41.5 Å². The molecule has 1 fully saturated rings. The Morgan fingerprint density at radius 1 is 1.60 bits per heavy atom. The summed E-state index contributed by atoms with van der Waals surface area (Å²) >= 11 is 6.19. The second kappa shape index (κ2) is 4.85. The predicted molar refractivity (Wildman–Crippen MR) is 69.0 cm³/mol. The molecule has 0 saturated carbocycles. The predicted octanol–water partition coefficient (Wildman–Crippen LogP) is 2.69. The molecular formula is C11H18N2S2. The fourth-order valence-corrected chi connectivity index (χ4v) is 3.61. The molecule has 0 bridgehead atoms. The van der Waals surface area contributed by atoms with E-state index in [0.717, 1.165) is 5.75 Å². The molecule has 0 N–H and O–H groups in total. The highest BCUT2D eigenvalue weighted by Crippen LogP contribution is 2.31. The molecule has 0 aliphatic carbocycles. The van der Waals surface area contributed by atoms with E-state index in [4.69, 9.17) is 0 Å². The van der Waals surface area contributed by atoms with Crippen molar-refractivity contribution in [3.05, 3.63) is 15.6 Å². The van der Waals surface area contributed by atoms with Crippen molar-refractivity contribution in [1.29, 1.82) is 0 Å². The average molecular weight is 242 g/mol. The molecule has 84 valence electrons. The highest BCUT2D eigenvalue weighted by molar-refractivity contribution is 7.79. The van der Waals surface area contributed by atoms with E-state index in [1.807, 2.05) is 11.3 Å². The molecular weight excluding hydrogens is 224 g/mol. The summed E-state index contributed by atoms with van der Waals surface area (Å²) < 4.78 is 0. The van der Waals surface area contributed by atoms with E-state index in [9.17, 15) is 0 Å². The van der Waals surface area contributed by atoms with Crippen molar-refractivity contribution in [2.75, 3.05) is 20.1 Å². The molecule has 1 aromatic heterocycles. The molecule has 1 aromatic rings. The van der Waals surface area contributed by atoms with Gasteiger partial charge in [-0.2, -0.15) is 12.6 Å². The van der Waals surface area contributed by atoms with Gasteiger partial charge in [0.05, 0.1) is 10.7 Å². The second-order valence-corrected chi connectivity index (χ2v) is 5.75. The monoisotopic (exact) mass is 242 g/mol. The number of hydrogen-bond acceptors (Lipinski definition) is 4. The zero-order valence-electron chi connectivity index (χ0n) is 9.36. The van der Waals surface area contributed by atoms with Crippen LogP contribution in [0.15, 0.2) is 0 Å². The number of aromatic nitrogens is 1. The molecule has 2 rings (SSSR count). The van der Waals surface area contributed by atoms with Gasteiger partial charge in [0, 0.05) is 23.1 Å². The third kappa shape index (κ3) is 2.55. The SMILES string of the molecule is Cc1nc(C2CCCN(C)C2)sc1CS. The van der Waals surface area contributed by atoms with Gasteiger partial charge in [-0.25, -0.2) is 4.98 Å². The van der Waals surface area contributed by atoms with Crippen LogP contribution in [0.5, 0.6) is 0 Å². The van der Waals surface area contributed by atoms with Gasteiger partial charge in [0.25, 0.3) is 0 Å². The average Bonchev–Trinajstić information content (AvgIpc) is 2.60. The van der Waals surface area contributed by atoms with Crippen molar-refractivity contribution >= 4 is 24.0 Å². The zero-order valence-corrected chi connectivity index (χ0v) is 11.1. The lowest BCUT2D eigenvalue weighted by Crippen LogP contribution is -2.30. The van der Waals surface area contributed by atoms with Crippen molar-refractivity contribution in [3.8, 4) is 0 Å². The van der Waals surface area contributed by atoms with Crippen LogP contribution in [0.2, 0.25) is 0 Å². The molecule has 15 heavy (non-hydrogen) atoms. The number of rotatable bonds is 2. The van der Waals surface area contributed by atoms with Gasteiger partial charge in [-0.3, -0.25) is 0 Å². The second-order valence-electron chi connectivity index (χ2n) is 4.32. The van der Waals surface area contributed by atoms with E-state index >= 15 is 0 Å². The van der Waals surface area contributed by atoms with E-state index in [1.54, 1.807) is 0 Å². The lowest BCUT2D eigenvalue weighted by molar-refractivity contribution is 0.250. The molecule has 0 aromatic carbocycles. The number of likely N-dealkylation sites (tertiary alicyclic amines) is 1. The molecule has 4 heteroatoms. The van der Waals surface area contributed by atoms with Crippen LogP contribution in [-0.4, -0.2) is 30.0 Å². The zero-order chi connectivity index (χ0) is 10.8. The summed E-state index contributed by atoms with van der Waals surface area (Å²) in [6, 6.07) is 0. The van der Waals surface area contributed by atoms with E-state index in [-0.39, 0.29) is 0 Å². The first-order valence-electron chi connectivity index (χ1n) is 5.46. The van der Waals surface area contributed by atoms with E-state index < -0.39 is 0 Å². The first kappa shape index (κ1) is 11.4. The summed E-state index contributed by atoms with van der Waals surface area (Å²) in [5, 5.41) is 1.32. The minimum Gasteiger partial charge on any atom is -0.306 e. The number of aryl methyl sites for hydroxylation is 1. The molecule has 1 aliphatic rings. The van der Waals surface area contributed by atoms with Crippen LogP contribution >= 0.6 is 24.0 Å². The minimum atomic E-state index is 0.654. The highest BCUT2D eigenvalue weighted by atomic mass is 32.1. The van der Waals surface area contributed by atoms with Gasteiger partial charge in [-0.1, -0.05) is 0 Å². The maximum Gasteiger partial charge on any atom is 0.0975 e. The Hall–Kier alpha value is -0.0600. The summed E-state index contributed by atoms with van der Waals surface area (Å²) in [5.41, 5.74) is 1.18. The van der Waals surface area contributed by atoms with Crippen LogP contribution in [0.1, 0.15) is 34.3 Å². The van der Waals surface area contributed by atoms with Crippen LogP contribution < -0.4 is 0 Å². The van der Waals surface area contributed by atoms with Crippen LogP contribution in [0.25, 0.3) is 0 Å². The van der Waals surface area contributed by atoms with E-state index in [2.05, 4.69) is 36.5 Å². The summed E-state index contributed by atoms with van der Waals surface area (Å²) in [4.78, 5) is 8.43. The van der Waals surface area contributed by atoms with Crippen molar-refractivity contribution < 1.29 is 0 Å². The van der Waals surface area contributed by atoms with Gasteiger partial charge in [0.2, 0.25) is 0 Å². The standard InChI is InChI=1S/C11H18N2S2/c1-8-10(7-14)15-11(12-8)9-4-3-5-13(2)6-9/h9,14H,3-7H2,1-2H3. The van der Waals surface area contributed by atoms with Crippen LogP contribution in [-0.2, 0) is 5.75 Å². The first-order chi connectivity index (χ1) is 7.20. The number of likely N-dealkylation sites (N-methyl/N-ethyl adjacent to an activating group) is 1. The lowest BCUT2D eigenvalue weighted by Gasteiger charge is -2.28. The van der Waals surface area contributed by atoms with Gasteiger partial charge >= 0.3 is 0 Å². The molecule has 1 aliphatic heterocycles. The van der Waals surface area contributed by atoms with Crippen LogP contribution in [0, 0.1) is 6.92 Å². The molecule has 1 saturated heterocycles. The third-order valence-electron chi connectivity index (χ3n) is 3.03. The molecule has 1 unspecified atom stereocenters. The molecule has 0 amide bonds. The number of piperidine rings is 1. The Bertz CT molecular complexity index is 335. The summed E-state index contributed by atoms with van der Waals surface area (Å²) in [7, 11) is 2.20. The van der Waals surface area contributed by atoms with Gasteiger partial charge in [0.15, 0.2) is 0 Å². The maximum atomic E-state index is 4.68. The van der Waals surface area contributed by atoms with Crippen molar-refractivity contribution in [2.24, 2.45) is 0 Å². The topological polar surface area (TPSA) is 16.1 Å². The number of hydrogen-bond donors (Lipinski definition) is 1. The van der Waals surface area contributed by atoms with Crippen molar-refractivity contribution in [2.45, 2.75) is 31.4 Å². The first-order valence-corrected chi connectivity index (χ1v) is 6.91. The number of thiazole rings is 1. The van der Waals surface area contributed by atoms with Crippen molar-refractivity contribution in [1.82, 2.24) is 9.88 Å². The fourth-order valence-electron chi connectivity index (χ4n) is 2.14. The Kier molecular flexibility index (Phi) is 3.69. The van der Waals surface area contributed by atoms with Gasteiger partial charge in [-0.05, 0) is 33.4 Å². The largest absolute Gasteiger partial charge is 0.306 e. The van der Waals surface area contributed by atoms with Crippen molar-refractivity contribution in [3.63, 3.8) is 0 Å². The fraction of sp³-hybridized carbons (Fsp3) is 0.727. The molecule has 0 radical (unpaired) electrons. The smallest absolute Gasteiger partial charge is 0.0975 e. The van der Waals surface area contributed by atoms with E-state index in [0.29, 0.717) is 5.92 Å². The normalized spacial score (nSPS) is 23.3. The Balaban J connectivity index is 2.14. The minimum absolute atomic E-state index is 0.654. The Morgan fingerprint density at radius 3 is 3.00 bits per heavy atom. The highest BCUT2D eigenvalue weighted by Gasteiger charge is 2.22. The number of thiol groups is 1. The number of nitrogens with zero attached hydrogens (tertiary/aromatic N) is 2. The van der Waals surface area contributed by atoms with Gasteiger partial charge < -0.3 is 4.90 Å². The quantitative estimate of drug-likeness (QED) is 0.803. The molecule has 0 spiro atoms. The van der Waals surface area contributed by atoms with Crippen LogP contribution in [0.4, 0.5) is 0 Å². The molecule has 1 atom stereocenters. The summed E-state index contributed by atoms with van der Waals surface area (Å²) in [6.07, 6.45) is 2.60. The third-order valence-corrected chi connectivity index (χ3v) is 4.88.